The zero-order valence-corrected chi connectivity index (χ0v) is 18.4. The second kappa shape index (κ2) is 8.69. The molecule has 2 heterocycles. The average Bonchev–Trinajstić information content (AvgIpc) is 2.73. The van der Waals surface area contributed by atoms with Gasteiger partial charge in [-0.15, -0.1) is 0 Å². The highest BCUT2D eigenvalue weighted by Crippen LogP contribution is 2.44. The molecule has 1 unspecified atom stereocenters. The molecule has 11 nitrogen and oxygen atoms in total. The van der Waals surface area contributed by atoms with Crippen molar-refractivity contribution in [2.45, 2.75) is 46.1 Å². The summed E-state index contributed by atoms with van der Waals surface area (Å²) < 4.78 is 11.7. The van der Waals surface area contributed by atoms with Crippen molar-refractivity contribution < 1.29 is 19.1 Å². The maximum absolute atomic E-state index is 13.0. The van der Waals surface area contributed by atoms with Gasteiger partial charge in [-0.3, -0.25) is 9.78 Å². The summed E-state index contributed by atoms with van der Waals surface area (Å²) in [7, 11) is 0. The largest absolute Gasteiger partial charge is 0.477 e. The van der Waals surface area contributed by atoms with Crippen molar-refractivity contribution >= 4 is 23.7 Å². The van der Waals surface area contributed by atoms with Crippen LogP contribution < -0.4 is 31.9 Å². The molecule has 1 amide bonds. The van der Waals surface area contributed by atoms with E-state index in [0.717, 1.165) is 16.7 Å². The molecule has 0 radical (unpaired) electrons. The normalized spacial score (nSPS) is 17.0. The monoisotopic (exact) mass is 442 g/mol. The molecule has 170 valence electrons. The first-order chi connectivity index (χ1) is 15.0. The maximum Gasteiger partial charge on any atom is 0.346 e. The van der Waals surface area contributed by atoms with Crippen LogP contribution in [-0.2, 0) is 16.0 Å². The Morgan fingerprint density at radius 1 is 1.28 bits per heavy atom. The van der Waals surface area contributed by atoms with E-state index < -0.39 is 23.2 Å². The molecule has 1 aliphatic heterocycles. The van der Waals surface area contributed by atoms with E-state index in [1.807, 2.05) is 20.8 Å². The van der Waals surface area contributed by atoms with Crippen LogP contribution in [-0.4, -0.2) is 39.9 Å². The number of aromatic amines is 1. The van der Waals surface area contributed by atoms with Crippen LogP contribution in [0.5, 0.6) is 11.5 Å². The molecule has 0 fully saturated rings. The number of nitrogens with two attached hydrogens (primary N) is 2. The third kappa shape index (κ3) is 4.56. The van der Waals surface area contributed by atoms with Crippen molar-refractivity contribution in [2.24, 2.45) is 16.5 Å². The lowest BCUT2D eigenvalue weighted by Crippen LogP contribution is -2.48. The molecule has 3 rings (SSSR count). The minimum absolute atomic E-state index is 0.196. The summed E-state index contributed by atoms with van der Waals surface area (Å²) in [6, 6.07) is 1.49. The van der Waals surface area contributed by atoms with Crippen molar-refractivity contribution in [3.8, 4) is 11.5 Å². The summed E-state index contributed by atoms with van der Waals surface area (Å²) in [5.41, 5.74) is 11.9. The average molecular weight is 442 g/mol. The number of esters is 1. The quantitative estimate of drug-likeness (QED) is 0.225. The molecule has 1 atom stereocenters. The van der Waals surface area contributed by atoms with Gasteiger partial charge in [0.15, 0.2) is 11.6 Å². The Morgan fingerprint density at radius 3 is 2.66 bits per heavy atom. The molecule has 6 N–H and O–H groups in total. The van der Waals surface area contributed by atoms with E-state index in [2.05, 4.69) is 20.3 Å². The van der Waals surface area contributed by atoms with Crippen LogP contribution in [0.15, 0.2) is 22.1 Å². The first kappa shape index (κ1) is 22.8. The number of carbonyl (C=O) groups excluding carboxylic acids is 2. The summed E-state index contributed by atoms with van der Waals surface area (Å²) >= 11 is 0. The van der Waals surface area contributed by atoms with Crippen LogP contribution in [0.4, 0.5) is 5.82 Å². The molecule has 11 heteroatoms. The Kier molecular flexibility index (Phi) is 6.19. The molecule has 0 saturated carbocycles. The van der Waals surface area contributed by atoms with Crippen LogP contribution >= 0.6 is 0 Å². The van der Waals surface area contributed by atoms with E-state index in [0.29, 0.717) is 29.9 Å². The van der Waals surface area contributed by atoms with Crippen molar-refractivity contribution in [3.63, 3.8) is 0 Å². The van der Waals surface area contributed by atoms with Crippen LogP contribution in [0, 0.1) is 20.8 Å². The molecule has 1 aromatic carbocycles. The van der Waals surface area contributed by atoms with Gasteiger partial charge in [0, 0.05) is 18.2 Å². The van der Waals surface area contributed by atoms with Gasteiger partial charge >= 0.3 is 11.7 Å². The Labute approximate surface area is 184 Å². The van der Waals surface area contributed by atoms with Crippen molar-refractivity contribution in [3.05, 3.63) is 45.0 Å². The number of nitrogens with one attached hydrogen (secondary N) is 2. The second-order valence-electron chi connectivity index (χ2n) is 7.80. The number of aromatic nitrogens is 2. The number of H-pyrrole nitrogens is 1. The van der Waals surface area contributed by atoms with Gasteiger partial charge in [-0.2, -0.15) is 0 Å². The van der Waals surface area contributed by atoms with Crippen LogP contribution in [0.3, 0.4) is 0 Å². The van der Waals surface area contributed by atoms with Crippen molar-refractivity contribution in [2.75, 3.05) is 11.9 Å². The molecule has 1 aliphatic rings. The number of anilines is 1. The van der Waals surface area contributed by atoms with E-state index in [1.54, 1.807) is 6.92 Å². The lowest BCUT2D eigenvalue weighted by Gasteiger charge is -2.36. The maximum atomic E-state index is 13.0. The van der Waals surface area contributed by atoms with Gasteiger partial charge in [0.2, 0.25) is 0 Å². The van der Waals surface area contributed by atoms with Gasteiger partial charge in [0.1, 0.15) is 23.9 Å². The first-order valence-electron chi connectivity index (χ1n) is 9.96. The lowest BCUT2D eigenvalue weighted by molar-refractivity contribution is -0.132. The summed E-state index contributed by atoms with van der Waals surface area (Å²) in [4.78, 5) is 46.1. The summed E-state index contributed by atoms with van der Waals surface area (Å²) in [6.07, 6.45) is 2.21. The fraction of sp³-hybridized carbons (Fsp3) is 0.381. The molecule has 0 saturated heterocycles. The molecule has 0 bridgehead atoms. The number of guanidine groups is 1. The highest BCUT2D eigenvalue weighted by molar-refractivity contribution is 5.97. The fourth-order valence-electron chi connectivity index (χ4n) is 3.55. The van der Waals surface area contributed by atoms with Gasteiger partial charge in [0.25, 0.3) is 5.91 Å². The Morgan fingerprint density at radius 2 is 2.00 bits per heavy atom. The minimum Gasteiger partial charge on any atom is -0.477 e. The Bertz CT molecular complexity index is 1170. The molecule has 0 aliphatic carbocycles. The zero-order chi connectivity index (χ0) is 23.6. The molecular formula is C21H26N6O5. The smallest absolute Gasteiger partial charge is 0.346 e. The van der Waals surface area contributed by atoms with Gasteiger partial charge < -0.3 is 26.3 Å². The predicted molar refractivity (Wildman–Crippen MR) is 118 cm³/mol. The number of benzene rings is 1. The number of rotatable bonds is 5. The van der Waals surface area contributed by atoms with Crippen LogP contribution in [0.2, 0.25) is 0 Å². The van der Waals surface area contributed by atoms with E-state index in [9.17, 15) is 14.4 Å². The number of ether oxygens (including phenoxy) is 2. The van der Waals surface area contributed by atoms with Crippen LogP contribution in [0.25, 0.3) is 0 Å². The number of hydrogen-bond acceptors (Lipinski definition) is 7. The summed E-state index contributed by atoms with van der Waals surface area (Å²) in [5, 5.41) is 2.67. The van der Waals surface area contributed by atoms with Gasteiger partial charge in [-0.05, 0) is 56.9 Å². The molecule has 32 heavy (non-hydrogen) atoms. The number of fused-ring (bicyclic) bond motifs is 1. The summed E-state index contributed by atoms with van der Waals surface area (Å²) in [6.45, 7) is 6.89. The number of amides is 1. The van der Waals surface area contributed by atoms with Gasteiger partial charge in [0.05, 0.1) is 0 Å². The van der Waals surface area contributed by atoms with E-state index >= 15 is 0 Å². The molecular weight excluding hydrogens is 416 g/mol. The Hall–Kier alpha value is -3.89. The van der Waals surface area contributed by atoms with Crippen LogP contribution in [0.1, 0.15) is 35.6 Å². The van der Waals surface area contributed by atoms with Gasteiger partial charge in [-0.25, -0.2) is 19.6 Å². The lowest BCUT2D eigenvalue weighted by atomic mass is 9.86. The van der Waals surface area contributed by atoms with Crippen molar-refractivity contribution in [1.29, 1.82) is 0 Å². The van der Waals surface area contributed by atoms with E-state index in [4.69, 9.17) is 20.9 Å². The van der Waals surface area contributed by atoms with Gasteiger partial charge in [-0.1, -0.05) is 0 Å². The third-order valence-electron chi connectivity index (χ3n) is 5.50. The number of carbonyl (C=O) groups is 2. The van der Waals surface area contributed by atoms with E-state index in [-0.39, 0.29) is 18.3 Å². The standard InChI is InChI=1S/C21H26N6O5/c1-10-11(2)17-13(12(3)16(10)31-15(28)9-25-19(22)23)5-7-21(4,32-17)18(29)26-14-6-8-24-20(30)27-14/h6,8H,5,7,9H2,1-4H3,(H4,22,23,25)(H2,24,26,27,29,30). The number of hydrogen-bond donors (Lipinski definition) is 4. The topological polar surface area (TPSA) is 175 Å². The third-order valence-corrected chi connectivity index (χ3v) is 5.50. The second-order valence-corrected chi connectivity index (χ2v) is 7.80. The van der Waals surface area contributed by atoms with Crippen molar-refractivity contribution in [1.82, 2.24) is 9.97 Å². The summed E-state index contributed by atoms with van der Waals surface area (Å²) in [5.74, 6) is 0.0689. The fourth-order valence-corrected chi connectivity index (χ4v) is 3.55. The number of aliphatic imine (C=N–C) groups is 1. The predicted octanol–water partition coefficient (Wildman–Crippen LogP) is 0.596. The minimum atomic E-state index is -1.16. The Balaban J connectivity index is 1.87. The SMILES string of the molecule is Cc1c(C)c2c(c(C)c1OC(=O)CN=C(N)N)CCC(C)(C(=O)Nc1ccnc(=O)[nH]1)O2. The molecule has 0 spiro atoms. The molecule has 2 aromatic rings. The highest BCUT2D eigenvalue weighted by atomic mass is 16.5. The number of nitrogens with zero attached hydrogens (tertiary/aromatic N) is 2. The zero-order valence-electron chi connectivity index (χ0n) is 18.4. The highest BCUT2D eigenvalue weighted by Gasteiger charge is 2.41. The first-order valence-corrected chi connectivity index (χ1v) is 9.96. The molecule has 1 aromatic heterocycles. The van der Waals surface area contributed by atoms with E-state index in [1.165, 1.54) is 12.3 Å².